The quantitative estimate of drug-likeness (QED) is 0.279. The summed E-state index contributed by atoms with van der Waals surface area (Å²) in [5.41, 5.74) is 2.26. The fraction of sp³-hybridized carbons (Fsp3) is 0.457. The van der Waals surface area contributed by atoms with Crippen molar-refractivity contribution in [3.63, 3.8) is 0 Å². The molecule has 2 N–H and O–H groups in total. The Labute approximate surface area is 281 Å². The van der Waals surface area contributed by atoms with Gasteiger partial charge in [0.15, 0.2) is 0 Å². The van der Waals surface area contributed by atoms with E-state index in [1.54, 1.807) is 53.7 Å². The Bertz CT molecular complexity index is 1460. The number of fused-ring (bicyclic) bond motifs is 1. The maximum absolute atomic E-state index is 14.3. The molecule has 0 spiro atoms. The summed E-state index contributed by atoms with van der Waals surface area (Å²) in [6.45, 7) is 7.85. The third kappa shape index (κ3) is 9.89. The lowest BCUT2D eigenvalue weighted by Gasteiger charge is -2.36. The molecule has 0 unspecified atom stereocenters. The summed E-state index contributed by atoms with van der Waals surface area (Å²) in [5.74, 6) is -0.247. The van der Waals surface area contributed by atoms with Gasteiger partial charge in [0.25, 0.3) is 11.8 Å². The number of benzene rings is 2. The van der Waals surface area contributed by atoms with E-state index >= 15 is 0 Å². The molecule has 2 heterocycles. The van der Waals surface area contributed by atoms with Gasteiger partial charge < -0.3 is 24.8 Å². The molecule has 9 nitrogen and oxygen atoms in total. The van der Waals surface area contributed by atoms with E-state index < -0.39 is 6.04 Å². The lowest BCUT2D eigenvalue weighted by Crippen LogP contribution is -2.47. The Hall–Kier alpha value is -3.21. The number of nitrogens with zero attached hydrogens (tertiary/aromatic N) is 3. The zero-order valence-electron chi connectivity index (χ0n) is 26.9. The Kier molecular flexibility index (Phi) is 13.2. The molecule has 248 valence electrons. The average Bonchev–Trinajstić information content (AvgIpc) is 3.04. The normalized spacial score (nSPS) is 20.4. The van der Waals surface area contributed by atoms with Crippen molar-refractivity contribution >= 4 is 40.7 Å². The molecule has 2 aromatic carbocycles. The highest BCUT2D eigenvalue weighted by Gasteiger charge is 2.30. The van der Waals surface area contributed by atoms with Crippen LogP contribution in [0.3, 0.4) is 0 Å². The van der Waals surface area contributed by atoms with Crippen LogP contribution in [-0.2, 0) is 11.3 Å². The van der Waals surface area contributed by atoms with Crippen LogP contribution in [0, 0.1) is 5.92 Å². The molecule has 0 saturated heterocycles. The smallest absolute Gasteiger partial charge is 0.258 e. The summed E-state index contributed by atoms with van der Waals surface area (Å²) in [4.78, 5) is 35.1. The van der Waals surface area contributed by atoms with Gasteiger partial charge in [0.2, 0.25) is 0 Å². The van der Waals surface area contributed by atoms with Gasteiger partial charge in [0.1, 0.15) is 5.75 Å². The van der Waals surface area contributed by atoms with Crippen molar-refractivity contribution in [1.29, 1.82) is 0 Å². The third-order valence-corrected chi connectivity index (χ3v) is 8.92. The zero-order chi connectivity index (χ0) is 33.2. The number of halogens is 2. The highest BCUT2D eigenvalue weighted by molar-refractivity contribution is 6.42. The van der Waals surface area contributed by atoms with Crippen LogP contribution in [0.2, 0.25) is 10.0 Å². The van der Waals surface area contributed by atoms with Gasteiger partial charge in [-0.15, -0.1) is 0 Å². The van der Waals surface area contributed by atoms with Crippen LogP contribution in [0.4, 0.5) is 5.69 Å². The van der Waals surface area contributed by atoms with Crippen molar-refractivity contribution in [2.45, 2.75) is 64.8 Å². The van der Waals surface area contributed by atoms with E-state index in [2.05, 4.69) is 22.1 Å². The number of aliphatic hydroxyl groups excluding tert-OH is 1. The van der Waals surface area contributed by atoms with Crippen molar-refractivity contribution in [3.05, 3.63) is 87.7 Å². The molecule has 0 aliphatic carbocycles. The van der Waals surface area contributed by atoms with Crippen LogP contribution >= 0.6 is 23.2 Å². The zero-order valence-corrected chi connectivity index (χ0v) is 28.4. The second-order valence-electron chi connectivity index (χ2n) is 12.1. The van der Waals surface area contributed by atoms with Crippen LogP contribution in [0.1, 0.15) is 66.3 Å². The lowest BCUT2D eigenvalue weighted by atomic mass is 10.0. The van der Waals surface area contributed by atoms with E-state index in [0.717, 1.165) is 24.8 Å². The third-order valence-electron chi connectivity index (χ3n) is 8.18. The number of anilines is 1. The van der Waals surface area contributed by atoms with E-state index in [0.29, 0.717) is 58.9 Å². The predicted octanol–water partition coefficient (Wildman–Crippen LogP) is 6.57. The number of hydrogen-bond acceptors (Lipinski definition) is 7. The Morgan fingerprint density at radius 2 is 1.87 bits per heavy atom. The van der Waals surface area contributed by atoms with Gasteiger partial charge in [-0.1, -0.05) is 36.2 Å². The van der Waals surface area contributed by atoms with E-state index in [-0.39, 0.29) is 36.5 Å². The maximum Gasteiger partial charge on any atom is 0.258 e. The highest BCUT2D eigenvalue weighted by atomic mass is 35.5. The number of hydrogen-bond donors (Lipinski definition) is 2. The van der Waals surface area contributed by atoms with E-state index in [4.69, 9.17) is 32.7 Å². The molecule has 0 saturated carbocycles. The first-order valence-corrected chi connectivity index (χ1v) is 16.5. The van der Waals surface area contributed by atoms with Gasteiger partial charge >= 0.3 is 0 Å². The van der Waals surface area contributed by atoms with Gasteiger partial charge in [-0.05, 0) is 88.2 Å². The predicted molar refractivity (Wildman–Crippen MR) is 182 cm³/mol. The number of aromatic nitrogens is 1. The highest BCUT2D eigenvalue weighted by Crippen LogP contribution is 2.29. The summed E-state index contributed by atoms with van der Waals surface area (Å²) in [5, 5.41) is 14.1. The number of carbonyl (C=O) groups excluding carboxylic acids is 2. The number of nitrogens with one attached hydrogen (secondary N) is 1. The van der Waals surface area contributed by atoms with Crippen molar-refractivity contribution in [2.75, 3.05) is 38.7 Å². The van der Waals surface area contributed by atoms with Crippen LogP contribution in [0.25, 0.3) is 0 Å². The minimum absolute atomic E-state index is 0.0741. The number of ether oxygens (including phenoxy) is 2. The van der Waals surface area contributed by atoms with Crippen LogP contribution in [0.5, 0.6) is 5.75 Å². The summed E-state index contributed by atoms with van der Waals surface area (Å²) in [6.07, 6.45) is 5.32. The van der Waals surface area contributed by atoms with Gasteiger partial charge in [0, 0.05) is 55.8 Å². The Morgan fingerprint density at radius 1 is 1.11 bits per heavy atom. The number of pyridine rings is 1. The van der Waals surface area contributed by atoms with Gasteiger partial charge in [-0.3, -0.25) is 19.5 Å². The molecule has 46 heavy (non-hydrogen) atoms. The van der Waals surface area contributed by atoms with Gasteiger partial charge in [0.05, 0.1) is 40.5 Å². The van der Waals surface area contributed by atoms with Crippen LogP contribution < -0.4 is 10.1 Å². The first-order valence-electron chi connectivity index (χ1n) is 15.7. The average molecular weight is 672 g/mol. The number of rotatable bonds is 8. The van der Waals surface area contributed by atoms with Crippen molar-refractivity contribution in [3.8, 4) is 5.75 Å². The van der Waals surface area contributed by atoms with E-state index in [9.17, 15) is 14.7 Å². The minimum atomic E-state index is -0.474. The standard InChI is InChI=1S/C35H44Cl2N4O5/c1-23-19-41(24(2)22-42)35(44)29-18-28(39-34(43)27-12-14-38-15-13-27)9-11-32(29)46-25(3)7-5-6-16-45-33(23)21-40(4)20-26-8-10-30(36)31(37)17-26/h8-15,17-18,23-25,33,42H,5-7,16,19-22H2,1-4H3,(H,39,43)/t23-,24+,25+,33-/m0/s1. The Balaban J connectivity index is 1.60. The van der Waals surface area contributed by atoms with Gasteiger partial charge in [-0.25, -0.2) is 0 Å². The lowest BCUT2D eigenvalue weighted by molar-refractivity contribution is -0.0177. The topological polar surface area (TPSA) is 104 Å². The SMILES string of the molecule is C[C@@H]1CCCCO[C@@H](CN(C)Cc2ccc(Cl)c(Cl)c2)[C@@H](C)CN([C@H](C)CO)C(=O)c2cc(NC(=O)c3ccncc3)ccc2O1. The molecular weight excluding hydrogens is 627 g/mol. The number of carbonyl (C=O) groups is 2. The van der Waals surface area contributed by atoms with E-state index in [1.807, 2.05) is 33.0 Å². The van der Waals surface area contributed by atoms with Crippen LogP contribution in [-0.4, -0.2) is 83.3 Å². The number of amides is 2. The van der Waals surface area contributed by atoms with Crippen molar-refractivity contribution in [2.24, 2.45) is 5.92 Å². The van der Waals surface area contributed by atoms with Crippen LogP contribution in [0.15, 0.2) is 60.9 Å². The molecule has 2 amide bonds. The molecular formula is C35H44Cl2N4O5. The van der Waals surface area contributed by atoms with E-state index in [1.165, 1.54) is 0 Å². The number of aliphatic hydroxyl groups is 1. The van der Waals surface area contributed by atoms with Gasteiger partial charge in [-0.2, -0.15) is 0 Å². The summed E-state index contributed by atoms with van der Waals surface area (Å²) in [6, 6.07) is 13.5. The first kappa shape index (κ1) is 35.6. The molecule has 4 rings (SSSR count). The number of likely N-dealkylation sites (N-methyl/N-ethyl adjacent to an activating group) is 1. The second-order valence-corrected chi connectivity index (χ2v) is 13.0. The molecule has 11 heteroatoms. The molecule has 1 aliphatic heterocycles. The molecule has 4 atom stereocenters. The molecule has 0 fully saturated rings. The summed E-state index contributed by atoms with van der Waals surface area (Å²) in [7, 11) is 2.03. The molecule has 0 bridgehead atoms. The second kappa shape index (κ2) is 17.1. The Morgan fingerprint density at radius 3 is 2.59 bits per heavy atom. The molecule has 1 aliphatic rings. The fourth-order valence-corrected chi connectivity index (χ4v) is 5.81. The fourth-order valence-electron chi connectivity index (χ4n) is 5.49. The molecule has 3 aromatic rings. The first-order chi connectivity index (χ1) is 22.0. The molecule has 0 radical (unpaired) electrons. The maximum atomic E-state index is 14.3. The summed E-state index contributed by atoms with van der Waals surface area (Å²) >= 11 is 12.4. The molecule has 1 aromatic heterocycles. The summed E-state index contributed by atoms with van der Waals surface area (Å²) < 4.78 is 12.8. The monoisotopic (exact) mass is 670 g/mol. The minimum Gasteiger partial charge on any atom is -0.490 e. The van der Waals surface area contributed by atoms with Crippen molar-refractivity contribution < 1.29 is 24.2 Å². The largest absolute Gasteiger partial charge is 0.490 e. The van der Waals surface area contributed by atoms with Crippen molar-refractivity contribution in [1.82, 2.24) is 14.8 Å².